The molecule has 0 saturated heterocycles. The highest BCUT2D eigenvalue weighted by atomic mass is 32.1. The van der Waals surface area contributed by atoms with Gasteiger partial charge in [0.25, 0.3) is 0 Å². The molecule has 4 unspecified atom stereocenters. The minimum atomic E-state index is -1.29. The minimum Gasteiger partial charge on any atom is -0.508 e. The second-order valence-electron chi connectivity index (χ2n) is 8.02. The van der Waals surface area contributed by atoms with Gasteiger partial charge in [-0.15, -0.1) is 0 Å². The van der Waals surface area contributed by atoms with Gasteiger partial charge in [-0.05, 0) is 23.6 Å². The van der Waals surface area contributed by atoms with E-state index < -0.39 is 66.1 Å². The van der Waals surface area contributed by atoms with Crippen LogP contribution in [-0.4, -0.2) is 69.7 Å². The molecule has 188 valence electrons. The van der Waals surface area contributed by atoms with Gasteiger partial charge in [0, 0.05) is 12.2 Å². The standard InChI is InChI=1S/C21H31N5O7S/c1-10(2)17(26-19(30)15(9-34)25-18(29)13(22)8-16(23)28)20(31)24-14(21(32)33)7-11-3-5-12(27)6-4-11/h3-6,10,13-15,17,27,34H,7-9,22H2,1-2H3,(H2,23,28)(H,24,31)(H,25,29)(H,26,30)(H,32,33). The number of aliphatic carboxylic acids is 1. The van der Waals surface area contributed by atoms with Crippen LogP contribution in [0.5, 0.6) is 5.75 Å². The van der Waals surface area contributed by atoms with Gasteiger partial charge >= 0.3 is 5.97 Å². The summed E-state index contributed by atoms with van der Waals surface area (Å²) in [6.45, 7) is 3.30. The summed E-state index contributed by atoms with van der Waals surface area (Å²) >= 11 is 4.03. The van der Waals surface area contributed by atoms with E-state index in [1.54, 1.807) is 13.8 Å². The van der Waals surface area contributed by atoms with Crippen molar-refractivity contribution in [2.45, 2.75) is 50.9 Å². The van der Waals surface area contributed by atoms with Gasteiger partial charge in [0.15, 0.2) is 0 Å². The Hall–Kier alpha value is -3.32. The van der Waals surface area contributed by atoms with Crippen molar-refractivity contribution in [2.24, 2.45) is 17.4 Å². The van der Waals surface area contributed by atoms with Gasteiger partial charge in [0.1, 0.15) is 23.9 Å². The fourth-order valence-electron chi connectivity index (χ4n) is 2.90. The molecule has 1 aromatic carbocycles. The monoisotopic (exact) mass is 497 g/mol. The number of rotatable bonds is 13. The maximum atomic E-state index is 12.8. The Morgan fingerprint density at radius 3 is 1.97 bits per heavy atom. The minimum absolute atomic E-state index is 0.0173. The number of phenolic OH excluding ortho intramolecular Hbond substituents is 1. The van der Waals surface area contributed by atoms with E-state index in [-0.39, 0.29) is 17.9 Å². The normalized spacial score (nSPS) is 14.4. The maximum absolute atomic E-state index is 12.8. The molecule has 0 bridgehead atoms. The first-order valence-corrected chi connectivity index (χ1v) is 11.1. The first-order chi connectivity index (χ1) is 15.8. The number of hydrogen-bond acceptors (Lipinski definition) is 8. The molecule has 0 spiro atoms. The molecule has 1 rings (SSSR count). The van der Waals surface area contributed by atoms with Gasteiger partial charge in [-0.25, -0.2) is 4.79 Å². The van der Waals surface area contributed by atoms with E-state index in [1.807, 2.05) is 0 Å². The summed E-state index contributed by atoms with van der Waals surface area (Å²) in [6, 6.07) is 1.02. The maximum Gasteiger partial charge on any atom is 0.326 e. The van der Waals surface area contributed by atoms with Crippen molar-refractivity contribution in [1.82, 2.24) is 16.0 Å². The fraction of sp³-hybridized carbons (Fsp3) is 0.476. The molecule has 0 aliphatic carbocycles. The average molecular weight is 498 g/mol. The summed E-state index contributed by atoms with van der Waals surface area (Å²) in [7, 11) is 0. The van der Waals surface area contributed by atoms with Crippen molar-refractivity contribution in [1.29, 1.82) is 0 Å². The number of benzene rings is 1. The van der Waals surface area contributed by atoms with Gasteiger partial charge in [0.05, 0.1) is 12.5 Å². The van der Waals surface area contributed by atoms with Crippen molar-refractivity contribution in [2.75, 3.05) is 5.75 Å². The molecule has 4 atom stereocenters. The first kappa shape index (κ1) is 28.7. The lowest BCUT2D eigenvalue weighted by molar-refractivity contribution is -0.142. The predicted octanol–water partition coefficient (Wildman–Crippen LogP) is -1.74. The molecule has 4 amide bonds. The molecule has 0 aliphatic heterocycles. The van der Waals surface area contributed by atoms with Gasteiger partial charge in [-0.2, -0.15) is 12.6 Å². The van der Waals surface area contributed by atoms with Crippen LogP contribution in [0.1, 0.15) is 25.8 Å². The number of hydrogen-bond donors (Lipinski definition) is 8. The molecule has 1 aromatic rings. The van der Waals surface area contributed by atoms with Crippen molar-refractivity contribution in [3.63, 3.8) is 0 Å². The quantitative estimate of drug-likeness (QED) is 0.146. The molecule has 0 saturated carbocycles. The number of carbonyl (C=O) groups excluding carboxylic acids is 4. The molecule has 0 heterocycles. The highest BCUT2D eigenvalue weighted by Crippen LogP contribution is 2.12. The number of thiol groups is 1. The smallest absolute Gasteiger partial charge is 0.326 e. The van der Waals surface area contributed by atoms with E-state index >= 15 is 0 Å². The van der Waals surface area contributed by atoms with Crippen LogP contribution in [-0.2, 0) is 30.4 Å². The average Bonchev–Trinajstić information content (AvgIpc) is 2.75. The van der Waals surface area contributed by atoms with Gasteiger partial charge in [-0.3, -0.25) is 19.2 Å². The van der Waals surface area contributed by atoms with E-state index in [4.69, 9.17) is 11.5 Å². The number of nitrogens with two attached hydrogens (primary N) is 2. The summed E-state index contributed by atoms with van der Waals surface area (Å²) in [4.78, 5) is 60.2. The summed E-state index contributed by atoms with van der Waals surface area (Å²) in [5, 5.41) is 26.1. The van der Waals surface area contributed by atoms with Crippen LogP contribution in [0.15, 0.2) is 24.3 Å². The van der Waals surface area contributed by atoms with Crippen molar-refractivity contribution < 1.29 is 34.2 Å². The Bertz CT molecular complexity index is 894. The molecule has 34 heavy (non-hydrogen) atoms. The zero-order valence-electron chi connectivity index (χ0n) is 18.9. The second-order valence-corrected chi connectivity index (χ2v) is 8.39. The van der Waals surface area contributed by atoms with Crippen molar-refractivity contribution in [3.05, 3.63) is 29.8 Å². The van der Waals surface area contributed by atoms with E-state index in [9.17, 15) is 34.2 Å². The fourth-order valence-corrected chi connectivity index (χ4v) is 3.16. The predicted molar refractivity (Wildman–Crippen MR) is 126 cm³/mol. The topological polar surface area (TPSA) is 214 Å². The summed E-state index contributed by atoms with van der Waals surface area (Å²) in [5.74, 6) is -4.88. The lowest BCUT2D eigenvalue weighted by Gasteiger charge is -2.26. The lowest BCUT2D eigenvalue weighted by Crippen LogP contribution is -2.59. The molecule has 12 nitrogen and oxygen atoms in total. The Labute approximate surface area is 202 Å². The first-order valence-electron chi connectivity index (χ1n) is 10.4. The van der Waals surface area contributed by atoms with Crippen LogP contribution in [0.3, 0.4) is 0 Å². The Morgan fingerprint density at radius 2 is 1.50 bits per heavy atom. The van der Waals surface area contributed by atoms with Crippen LogP contribution in [0.25, 0.3) is 0 Å². The SMILES string of the molecule is CC(C)C(NC(=O)C(CS)NC(=O)C(N)CC(N)=O)C(=O)NC(Cc1ccc(O)cc1)C(=O)O. The van der Waals surface area contributed by atoms with Crippen LogP contribution >= 0.6 is 12.6 Å². The molecule has 0 aliphatic rings. The summed E-state index contributed by atoms with van der Waals surface area (Å²) in [6.07, 6.45) is -0.464. The third-order valence-electron chi connectivity index (χ3n) is 4.81. The Morgan fingerprint density at radius 1 is 0.941 bits per heavy atom. The second kappa shape index (κ2) is 13.4. The number of carboxylic acids is 1. The largest absolute Gasteiger partial charge is 0.508 e. The van der Waals surface area contributed by atoms with E-state index in [2.05, 4.69) is 28.6 Å². The summed E-state index contributed by atoms with van der Waals surface area (Å²) < 4.78 is 0. The van der Waals surface area contributed by atoms with Crippen LogP contribution in [0, 0.1) is 5.92 Å². The molecular weight excluding hydrogens is 466 g/mol. The number of carbonyl (C=O) groups is 5. The number of aromatic hydroxyl groups is 1. The number of nitrogens with one attached hydrogen (secondary N) is 3. The molecule has 9 N–H and O–H groups in total. The number of phenols is 1. The molecule has 0 radical (unpaired) electrons. The number of primary amides is 1. The third kappa shape index (κ3) is 9.27. The van der Waals surface area contributed by atoms with Gasteiger partial charge in [0.2, 0.25) is 23.6 Å². The van der Waals surface area contributed by atoms with E-state index in [0.29, 0.717) is 5.56 Å². The lowest BCUT2D eigenvalue weighted by atomic mass is 10.0. The Kier molecular flexibility index (Phi) is 11.3. The van der Waals surface area contributed by atoms with Crippen LogP contribution in [0.4, 0.5) is 0 Å². The molecular formula is C21H31N5O7S. The van der Waals surface area contributed by atoms with Crippen LogP contribution < -0.4 is 27.4 Å². The molecule has 0 aromatic heterocycles. The van der Waals surface area contributed by atoms with Gasteiger partial charge in [-0.1, -0.05) is 26.0 Å². The molecule has 13 heteroatoms. The van der Waals surface area contributed by atoms with E-state index in [0.717, 1.165) is 0 Å². The van der Waals surface area contributed by atoms with Crippen molar-refractivity contribution in [3.8, 4) is 5.75 Å². The number of amides is 4. The highest BCUT2D eigenvalue weighted by molar-refractivity contribution is 7.80. The zero-order valence-corrected chi connectivity index (χ0v) is 19.7. The highest BCUT2D eigenvalue weighted by Gasteiger charge is 2.31. The Balaban J connectivity index is 2.87. The number of carboxylic acid groups (broad SMARTS) is 1. The zero-order chi connectivity index (χ0) is 26.0. The molecule has 0 fully saturated rings. The van der Waals surface area contributed by atoms with Crippen LogP contribution in [0.2, 0.25) is 0 Å². The van der Waals surface area contributed by atoms with Crippen molar-refractivity contribution >= 4 is 42.2 Å². The van der Waals surface area contributed by atoms with Gasteiger partial charge < -0.3 is 37.6 Å². The van der Waals surface area contributed by atoms with E-state index in [1.165, 1.54) is 24.3 Å². The summed E-state index contributed by atoms with van der Waals surface area (Å²) in [5.41, 5.74) is 11.2. The third-order valence-corrected chi connectivity index (χ3v) is 5.18.